The number of hydrogen-bond donors (Lipinski definition) is 0. The van der Waals surface area contributed by atoms with Crippen LogP contribution < -0.4 is 0 Å². The van der Waals surface area contributed by atoms with Crippen LogP contribution in [0.5, 0.6) is 0 Å². The van der Waals surface area contributed by atoms with E-state index >= 15 is 0 Å². The minimum absolute atomic E-state index is 0.839. The van der Waals surface area contributed by atoms with Gasteiger partial charge in [-0.1, -0.05) is 24.3 Å². The highest BCUT2D eigenvalue weighted by Gasteiger charge is 2.20. The van der Waals surface area contributed by atoms with Crippen LogP contribution in [0.1, 0.15) is 11.1 Å². The molecule has 2 rings (SSSR count). The molecular weight excluding hydrogens is 164 g/mol. The quantitative estimate of drug-likeness (QED) is 0.628. The van der Waals surface area contributed by atoms with Crippen LogP contribution in [0.15, 0.2) is 24.3 Å². The molecule has 68 valence electrons. The number of hydrazine groups is 1. The number of carbonyl (C=O) groups is 1. The summed E-state index contributed by atoms with van der Waals surface area (Å²) in [6.45, 7) is 1.68. The van der Waals surface area contributed by atoms with Gasteiger partial charge in [-0.2, -0.15) is 0 Å². The fourth-order valence-electron chi connectivity index (χ4n) is 1.60. The number of carbonyl (C=O) groups excluding carboxylic acids is 1. The van der Waals surface area contributed by atoms with Gasteiger partial charge < -0.3 is 0 Å². The molecule has 0 unspecified atom stereocenters. The fourth-order valence-corrected chi connectivity index (χ4v) is 1.60. The van der Waals surface area contributed by atoms with Crippen molar-refractivity contribution < 1.29 is 4.79 Å². The van der Waals surface area contributed by atoms with E-state index in [9.17, 15) is 4.79 Å². The molecule has 1 aromatic rings. The largest absolute Gasteiger partial charge is 0.280 e. The molecule has 0 N–H and O–H groups in total. The number of hydrogen-bond acceptors (Lipinski definition) is 2. The highest BCUT2D eigenvalue weighted by molar-refractivity contribution is 5.46. The summed E-state index contributed by atoms with van der Waals surface area (Å²) in [7, 11) is 1.78. The van der Waals surface area contributed by atoms with Crippen molar-refractivity contribution in [2.24, 2.45) is 0 Å². The van der Waals surface area contributed by atoms with E-state index in [1.165, 1.54) is 11.1 Å². The molecule has 0 fully saturated rings. The van der Waals surface area contributed by atoms with Gasteiger partial charge in [0.1, 0.15) is 0 Å². The van der Waals surface area contributed by atoms with Crippen molar-refractivity contribution >= 4 is 6.41 Å². The Bertz CT molecular complexity index is 299. The van der Waals surface area contributed by atoms with Crippen LogP contribution in [0.3, 0.4) is 0 Å². The number of amides is 1. The van der Waals surface area contributed by atoms with E-state index in [0.29, 0.717) is 0 Å². The van der Waals surface area contributed by atoms with Crippen molar-refractivity contribution in [1.82, 2.24) is 10.0 Å². The Balaban J connectivity index is 2.18. The third-order valence-electron chi connectivity index (χ3n) is 2.42. The van der Waals surface area contributed by atoms with Crippen LogP contribution in [0.4, 0.5) is 0 Å². The molecule has 13 heavy (non-hydrogen) atoms. The third kappa shape index (κ3) is 1.42. The summed E-state index contributed by atoms with van der Waals surface area (Å²) < 4.78 is 0. The molecule has 0 spiro atoms. The van der Waals surface area contributed by atoms with Crippen molar-refractivity contribution in [3.8, 4) is 0 Å². The van der Waals surface area contributed by atoms with Gasteiger partial charge in [0, 0.05) is 20.1 Å². The highest BCUT2D eigenvalue weighted by atomic mass is 16.1. The molecule has 0 atom stereocenters. The van der Waals surface area contributed by atoms with Crippen molar-refractivity contribution in [1.29, 1.82) is 0 Å². The molecule has 1 aliphatic rings. The number of benzene rings is 1. The molecule has 3 heteroatoms. The number of nitrogens with zero attached hydrogens (tertiary/aromatic N) is 2. The molecule has 1 aromatic carbocycles. The van der Waals surface area contributed by atoms with Gasteiger partial charge in [0.15, 0.2) is 0 Å². The Hall–Kier alpha value is -1.35. The van der Waals surface area contributed by atoms with Crippen LogP contribution >= 0.6 is 0 Å². The number of rotatable bonds is 2. The summed E-state index contributed by atoms with van der Waals surface area (Å²) in [5, 5.41) is 3.61. The minimum Gasteiger partial charge on any atom is -0.280 e. The van der Waals surface area contributed by atoms with Crippen molar-refractivity contribution in [2.45, 2.75) is 13.1 Å². The second-order valence-corrected chi connectivity index (χ2v) is 3.27. The van der Waals surface area contributed by atoms with E-state index in [0.717, 1.165) is 19.5 Å². The van der Waals surface area contributed by atoms with Crippen LogP contribution in [0.2, 0.25) is 0 Å². The highest BCUT2D eigenvalue weighted by Crippen LogP contribution is 2.22. The van der Waals surface area contributed by atoms with Crippen LogP contribution in [-0.2, 0) is 17.9 Å². The molecule has 0 radical (unpaired) electrons. The normalized spacial score (nSPS) is 15.5. The second-order valence-electron chi connectivity index (χ2n) is 3.27. The lowest BCUT2D eigenvalue weighted by molar-refractivity contribution is -0.132. The average molecular weight is 176 g/mol. The molecule has 0 saturated heterocycles. The Labute approximate surface area is 77.5 Å². The first-order chi connectivity index (χ1) is 6.31. The van der Waals surface area contributed by atoms with E-state index in [-0.39, 0.29) is 0 Å². The Kier molecular flexibility index (Phi) is 2.02. The lowest BCUT2D eigenvalue weighted by atomic mass is 10.1. The predicted molar refractivity (Wildman–Crippen MR) is 49.5 cm³/mol. The summed E-state index contributed by atoms with van der Waals surface area (Å²) >= 11 is 0. The molecule has 3 nitrogen and oxygen atoms in total. The van der Waals surface area contributed by atoms with Crippen LogP contribution in [-0.4, -0.2) is 23.5 Å². The van der Waals surface area contributed by atoms with Gasteiger partial charge in [-0.05, 0) is 11.1 Å². The topological polar surface area (TPSA) is 23.6 Å². The maximum absolute atomic E-state index is 10.5. The van der Waals surface area contributed by atoms with E-state index in [2.05, 4.69) is 12.1 Å². The molecule has 0 aromatic heterocycles. The maximum Gasteiger partial charge on any atom is 0.223 e. The zero-order valence-corrected chi connectivity index (χ0v) is 7.60. The monoisotopic (exact) mass is 176 g/mol. The lowest BCUT2D eigenvalue weighted by Gasteiger charge is -2.22. The summed E-state index contributed by atoms with van der Waals surface area (Å²) in [6, 6.07) is 8.27. The van der Waals surface area contributed by atoms with Gasteiger partial charge in [-0.3, -0.25) is 9.80 Å². The predicted octanol–water partition coefficient (Wildman–Crippen LogP) is 1.01. The minimum atomic E-state index is 0.839. The van der Waals surface area contributed by atoms with E-state index in [1.807, 2.05) is 17.1 Å². The Morgan fingerprint density at radius 1 is 1.31 bits per heavy atom. The Morgan fingerprint density at radius 2 is 1.85 bits per heavy atom. The summed E-state index contributed by atoms with van der Waals surface area (Å²) in [5.41, 5.74) is 2.63. The Morgan fingerprint density at radius 3 is 2.31 bits per heavy atom. The first-order valence-electron chi connectivity index (χ1n) is 4.31. The number of fused-ring (bicyclic) bond motifs is 1. The third-order valence-corrected chi connectivity index (χ3v) is 2.42. The summed E-state index contributed by atoms with van der Waals surface area (Å²) in [4.78, 5) is 10.5. The van der Waals surface area contributed by atoms with Crippen molar-refractivity contribution in [2.75, 3.05) is 7.05 Å². The van der Waals surface area contributed by atoms with Gasteiger partial charge in [0.2, 0.25) is 6.41 Å². The SMILES string of the molecule is CN(C=O)N1Cc2ccccc2C1. The first-order valence-corrected chi connectivity index (χ1v) is 4.31. The lowest BCUT2D eigenvalue weighted by Crippen LogP contribution is -2.34. The standard InChI is InChI=1S/C10H12N2O/c1-11(8-13)12-6-9-4-2-3-5-10(9)7-12/h2-5,8H,6-7H2,1H3. The molecular formula is C10H12N2O. The van der Waals surface area contributed by atoms with Crippen LogP contribution in [0, 0.1) is 0 Å². The van der Waals surface area contributed by atoms with Crippen molar-refractivity contribution in [3.05, 3.63) is 35.4 Å². The van der Waals surface area contributed by atoms with Crippen LogP contribution in [0.25, 0.3) is 0 Å². The molecule has 1 aliphatic heterocycles. The maximum atomic E-state index is 10.5. The smallest absolute Gasteiger partial charge is 0.223 e. The zero-order chi connectivity index (χ0) is 9.26. The molecule has 1 heterocycles. The van der Waals surface area contributed by atoms with Gasteiger partial charge >= 0.3 is 0 Å². The summed E-state index contributed by atoms with van der Waals surface area (Å²) in [6.07, 6.45) is 0.839. The van der Waals surface area contributed by atoms with E-state index in [4.69, 9.17) is 0 Å². The van der Waals surface area contributed by atoms with E-state index < -0.39 is 0 Å². The molecule has 0 aliphatic carbocycles. The second kappa shape index (κ2) is 3.18. The summed E-state index contributed by atoms with van der Waals surface area (Å²) in [5.74, 6) is 0. The van der Waals surface area contributed by atoms with Gasteiger partial charge in [0.25, 0.3) is 0 Å². The first kappa shape index (κ1) is 8.26. The molecule has 0 bridgehead atoms. The molecule has 0 saturated carbocycles. The molecule has 1 amide bonds. The van der Waals surface area contributed by atoms with E-state index in [1.54, 1.807) is 12.1 Å². The van der Waals surface area contributed by atoms with Crippen molar-refractivity contribution in [3.63, 3.8) is 0 Å². The van der Waals surface area contributed by atoms with Gasteiger partial charge in [0.05, 0.1) is 0 Å². The van der Waals surface area contributed by atoms with Gasteiger partial charge in [-0.15, -0.1) is 0 Å². The zero-order valence-electron chi connectivity index (χ0n) is 7.60. The fraction of sp³-hybridized carbons (Fsp3) is 0.300. The van der Waals surface area contributed by atoms with Gasteiger partial charge in [-0.25, -0.2) is 5.01 Å². The average Bonchev–Trinajstić information content (AvgIpc) is 2.59.